The molecule has 0 rings (SSSR count). The molecule has 3 unspecified atom stereocenters. The zero-order chi connectivity index (χ0) is 73.9. The molecule has 9 heteroatoms. The third kappa shape index (κ3) is 78.9. The minimum Gasteiger partial charge on any atom is -0.466 e. The molecule has 0 fully saturated rings. The van der Waals surface area contributed by atoms with Crippen LogP contribution in [-0.4, -0.2) is 63.0 Å². The van der Waals surface area contributed by atoms with Crippen molar-refractivity contribution in [2.75, 3.05) is 33.0 Å². The molecule has 3 atom stereocenters. The summed E-state index contributed by atoms with van der Waals surface area (Å²) in [5.41, 5.74) is 0. The number of hydrogen-bond acceptors (Lipinski definition) is 9. The second kappa shape index (κ2) is 86.1. The summed E-state index contributed by atoms with van der Waals surface area (Å²) in [6.07, 6.45) is 93.4. The number of hydrogen-bond donors (Lipinski definition) is 0. The van der Waals surface area contributed by atoms with Crippen molar-refractivity contribution in [2.24, 2.45) is 11.8 Å². The van der Waals surface area contributed by atoms with Crippen molar-refractivity contribution in [3.63, 3.8) is 0 Å². The van der Waals surface area contributed by atoms with Gasteiger partial charge in [-0.2, -0.15) is 0 Å². The van der Waals surface area contributed by atoms with Gasteiger partial charge in [0.1, 0.15) is 13.2 Å². The lowest BCUT2D eigenvalue weighted by atomic mass is 9.78. The maximum Gasteiger partial charge on any atom is 0.306 e. The molecule has 606 valence electrons. The minimum absolute atomic E-state index is 0.0396. The molecule has 0 radical (unpaired) electrons. The predicted molar refractivity (Wildman–Crippen MR) is 440 cm³/mol. The molecule has 0 heterocycles. The first-order chi connectivity index (χ1) is 50.3. The van der Waals surface area contributed by atoms with Gasteiger partial charge in [-0.15, -0.1) is 0 Å². The van der Waals surface area contributed by atoms with Gasteiger partial charge < -0.3 is 23.7 Å². The highest BCUT2D eigenvalue weighted by Gasteiger charge is 2.22. The normalized spacial score (nSPS) is 12.5. The molecule has 0 saturated carbocycles. The highest BCUT2D eigenvalue weighted by molar-refractivity contribution is 5.71. The molecule has 0 aliphatic rings. The van der Waals surface area contributed by atoms with E-state index in [1.54, 1.807) is 0 Å². The lowest BCUT2D eigenvalue weighted by Gasteiger charge is -2.28. The van der Waals surface area contributed by atoms with Crippen LogP contribution in [-0.2, 0) is 42.9 Å². The molecular weight excluding hydrogens is 1260 g/mol. The van der Waals surface area contributed by atoms with Gasteiger partial charge in [0.2, 0.25) is 0 Å². The summed E-state index contributed by atoms with van der Waals surface area (Å²) in [5, 5.41) is 0. The van der Waals surface area contributed by atoms with E-state index in [4.69, 9.17) is 23.7 Å². The molecule has 0 spiro atoms. The number of esters is 4. The van der Waals surface area contributed by atoms with Gasteiger partial charge in [0.05, 0.1) is 6.61 Å². The van der Waals surface area contributed by atoms with Gasteiger partial charge in [-0.1, -0.05) is 458 Å². The fourth-order valence-electron chi connectivity index (χ4n) is 15.3. The number of unbranched alkanes of at least 4 members (excludes halogenated alkanes) is 60. The Kier molecular flexibility index (Phi) is 84.3. The van der Waals surface area contributed by atoms with Crippen molar-refractivity contribution in [1.82, 2.24) is 0 Å². The Labute approximate surface area is 637 Å². The highest BCUT2D eigenvalue weighted by atomic mass is 16.6. The van der Waals surface area contributed by atoms with Crippen LogP contribution in [0.2, 0.25) is 0 Å². The third-order valence-corrected chi connectivity index (χ3v) is 22.2. The van der Waals surface area contributed by atoms with Gasteiger partial charge in [0, 0.05) is 45.3 Å². The number of ether oxygens (including phenoxy) is 5. The minimum atomic E-state index is -0.785. The van der Waals surface area contributed by atoms with Crippen LogP contribution in [0.1, 0.15) is 523 Å². The van der Waals surface area contributed by atoms with Crippen molar-refractivity contribution in [1.29, 1.82) is 0 Å². The topological polar surface area (TPSA) is 114 Å². The lowest BCUT2D eigenvalue weighted by Crippen LogP contribution is -2.30. The molecule has 9 nitrogen and oxygen atoms in total. The first-order valence-corrected chi connectivity index (χ1v) is 46.5. The van der Waals surface area contributed by atoms with E-state index in [9.17, 15) is 19.2 Å². The van der Waals surface area contributed by atoms with E-state index < -0.39 is 6.10 Å². The first kappa shape index (κ1) is 99.8. The summed E-state index contributed by atoms with van der Waals surface area (Å²) in [7, 11) is 0. The third-order valence-electron chi connectivity index (χ3n) is 22.2. The van der Waals surface area contributed by atoms with Gasteiger partial charge in [-0.25, -0.2) is 0 Å². The van der Waals surface area contributed by atoms with Crippen LogP contribution in [0.3, 0.4) is 0 Å². The first-order valence-electron chi connectivity index (χ1n) is 46.5. The highest BCUT2D eigenvalue weighted by Crippen LogP contribution is 2.34. The van der Waals surface area contributed by atoms with Gasteiger partial charge in [-0.3, -0.25) is 19.2 Å². The van der Waals surface area contributed by atoms with E-state index in [0.717, 1.165) is 102 Å². The van der Waals surface area contributed by atoms with Crippen LogP contribution in [0.4, 0.5) is 0 Å². The molecule has 0 aromatic rings. The molecule has 0 saturated heterocycles. The zero-order valence-electron chi connectivity index (χ0n) is 69.7. The average molecular weight is 1440 g/mol. The number of rotatable bonds is 88. The number of carbonyl (C=O) groups is 4. The zero-order valence-corrected chi connectivity index (χ0v) is 69.7. The summed E-state index contributed by atoms with van der Waals surface area (Å²) < 4.78 is 28.7. The van der Waals surface area contributed by atoms with Gasteiger partial charge in [-0.05, 0) is 43.9 Å². The standard InChI is InChI=1S/C93H180O9/c1-6-11-16-21-26-29-32-35-37-40-43-45-48-59-68-78-90(94)99-84-73-83-98-82-72-63-54-53-58-67-77-88(75-65-56-25-20-15-10-5)87(74-64-55-24-19-14-9-4)76-66-57-51-52-61-70-80-92(96)101-86-89(85-100-91(95)79-69-60-49-46-42-39-34-31-28-23-18-13-8-3)102-93(97)81-71-62-50-47-44-41-38-36-33-30-27-22-17-12-7-2/h87-89H,6-86H2,1-5H3. The Morgan fingerprint density at radius 1 is 0.196 bits per heavy atom. The predicted octanol–water partition coefficient (Wildman–Crippen LogP) is 30.5. The van der Waals surface area contributed by atoms with Crippen LogP contribution in [0, 0.1) is 11.8 Å². The van der Waals surface area contributed by atoms with Gasteiger partial charge in [0.15, 0.2) is 6.10 Å². The molecule has 0 bridgehead atoms. The quantitative estimate of drug-likeness (QED) is 0.0334. The van der Waals surface area contributed by atoms with Crippen molar-refractivity contribution in [3.8, 4) is 0 Å². The Balaban J connectivity index is 4.89. The molecule has 0 N–H and O–H groups in total. The van der Waals surface area contributed by atoms with Crippen LogP contribution in [0.15, 0.2) is 0 Å². The largest absolute Gasteiger partial charge is 0.466 e. The Morgan fingerprint density at radius 2 is 0.392 bits per heavy atom. The van der Waals surface area contributed by atoms with Crippen LogP contribution >= 0.6 is 0 Å². The van der Waals surface area contributed by atoms with Crippen LogP contribution < -0.4 is 0 Å². The SMILES string of the molecule is CCCCCCCCCCCCCCCCCC(=O)OCCCOCCCCCCCCC(CCCCCCCC)C(CCCCCCCC)CCCCCCCCC(=O)OCC(COC(=O)CCCCCCCCCCCCCCC)OC(=O)CCCCCCCCCCCCCCCCC. The summed E-state index contributed by atoms with van der Waals surface area (Å²) >= 11 is 0. The fraction of sp³-hybridized carbons (Fsp3) is 0.957. The van der Waals surface area contributed by atoms with Crippen LogP contribution in [0.25, 0.3) is 0 Å². The lowest BCUT2D eigenvalue weighted by molar-refractivity contribution is -0.167. The summed E-state index contributed by atoms with van der Waals surface area (Å²) in [4.78, 5) is 51.4. The van der Waals surface area contributed by atoms with E-state index in [2.05, 4.69) is 34.6 Å². The monoisotopic (exact) mass is 1440 g/mol. The molecule has 0 aliphatic carbocycles. The van der Waals surface area contributed by atoms with E-state index in [1.165, 1.54) is 379 Å². The van der Waals surface area contributed by atoms with Crippen molar-refractivity contribution < 1.29 is 42.9 Å². The second-order valence-electron chi connectivity index (χ2n) is 32.3. The summed E-state index contributed by atoms with van der Waals surface area (Å²) in [6.45, 7) is 13.3. The van der Waals surface area contributed by atoms with Crippen molar-refractivity contribution >= 4 is 23.9 Å². The molecular formula is C93H180O9. The Bertz CT molecular complexity index is 1670. The number of carbonyl (C=O) groups excluding carboxylic acids is 4. The Morgan fingerprint density at radius 3 is 0.647 bits per heavy atom. The van der Waals surface area contributed by atoms with Crippen molar-refractivity contribution in [2.45, 2.75) is 529 Å². The molecule has 0 aromatic carbocycles. The fourth-order valence-corrected chi connectivity index (χ4v) is 15.3. The molecule has 102 heavy (non-hydrogen) atoms. The second-order valence-corrected chi connectivity index (χ2v) is 32.3. The summed E-state index contributed by atoms with van der Waals surface area (Å²) in [5.74, 6) is 0.814. The average Bonchev–Trinajstić information content (AvgIpc) is 1.03. The molecule has 0 amide bonds. The van der Waals surface area contributed by atoms with E-state index in [-0.39, 0.29) is 37.1 Å². The van der Waals surface area contributed by atoms with Crippen LogP contribution in [0.5, 0.6) is 0 Å². The Hall–Kier alpha value is -2.16. The van der Waals surface area contributed by atoms with E-state index in [1.807, 2.05) is 0 Å². The molecule has 0 aromatic heterocycles. The van der Waals surface area contributed by atoms with E-state index in [0.29, 0.717) is 38.9 Å². The van der Waals surface area contributed by atoms with E-state index >= 15 is 0 Å². The van der Waals surface area contributed by atoms with Gasteiger partial charge >= 0.3 is 23.9 Å². The van der Waals surface area contributed by atoms with Crippen molar-refractivity contribution in [3.05, 3.63) is 0 Å². The smallest absolute Gasteiger partial charge is 0.306 e. The molecule has 0 aliphatic heterocycles. The maximum atomic E-state index is 13.1. The van der Waals surface area contributed by atoms with Gasteiger partial charge in [0.25, 0.3) is 0 Å². The summed E-state index contributed by atoms with van der Waals surface area (Å²) in [6, 6.07) is 0. The maximum absolute atomic E-state index is 13.1.